The van der Waals surface area contributed by atoms with Gasteiger partial charge in [-0.2, -0.15) is 0 Å². The van der Waals surface area contributed by atoms with Crippen LogP contribution in [0.5, 0.6) is 11.5 Å². The maximum atomic E-state index is 12.8. The van der Waals surface area contributed by atoms with Gasteiger partial charge >= 0.3 is 5.97 Å². The molecule has 1 heterocycles. The molecule has 1 amide bonds. The van der Waals surface area contributed by atoms with Crippen LogP contribution in [0, 0.1) is 0 Å². The first-order valence-corrected chi connectivity index (χ1v) is 11.1. The Morgan fingerprint density at radius 3 is 2.52 bits per heavy atom. The number of ether oxygens (including phenoxy) is 2. The molecule has 1 aliphatic rings. The lowest BCUT2D eigenvalue weighted by Crippen LogP contribution is -2.23. The smallest absolute Gasteiger partial charge is 0.335 e. The van der Waals surface area contributed by atoms with Crippen LogP contribution in [0.2, 0.25) is 0 Å². The number of benzene rings is 2. The van der Waals surface area contributed by atoms with Gasteiger partial charge in [-0.25, -0.2) is 9.79 Å². The summed E-state index contributed by atoms with van der Waals surface area (Å²) in [6, 6.07) is 9.91. The molecule has 31 heavy (non-hydrogen) atoms. The molecule has 2 aromatic carbocycles. The van der Waals surface area contributed by atoms with Gasteiger partial charge in [-0.05, 0) is 67.6 Å². The summed E-state index contributed by atoms with van der Waals surface area (Å²) in [6.07, 6.45) is 1.77. The number of hydrogen-bond donors (Lipinski definition) is 1. The van der Waals surface area contributed by atoms with E-state index in [2.05, 4.69) is 20.9 Å². The van der Waals surface area contributed by atoms with Crippen LogP contribution >= 0.6 is 27.7 Å². The molecule has 0 radical (unpaired) electrons. The summed E-state index contributed by atoms with van der Waals surface area (Å²) >= 11 is 4.76. The summed E-state index contributed by atoms with van der Waals surface area (Å²) in [6.45, 7) is 4.79. The molecule has 9 heteroatoms. The second-order valence-electron chi connectivity index (χ2n) is 6.41. The predicted octanol–water partition coefficient (Wildman–Crippen LogP) is 5.18. The largest absolute Gasteiger partial charge is 0.490 e. The van der Waals surface area contributed by atoms with Crippen LogP contribution in [-0.2, 0) is 4.79 Å². The Morgan fingerprint density at radius 1 is 1.19 bits per heavy atom. The predicted molar refractivity (Wildman–Crippen MR) is 125 cm³/mol. The normalized spacial score (nSPS) is 16.3. The molecule has 162 valence electrons. The Kier molecular flexibility index (Phi) is 7.40. The van der Waals surface area contributed by atoms with Crippen molar-refractivity contribution in [2.75, 3.05) is 20.3 Å². The van der Waals surface area contributed by atoms with E-state index in [9.17, 15) is 9.59 Å². The van der Waals surface area contributed by atoms with Crippen molar-refractivity contribution in [1.82, 2.24) is 4.90 Å². The summed E-state index contributed by atoms with van der Waals surface area (Å²) < 4.78 is 12.1. The van der Waals surface area contributed by atoms with Crippen molar-refractivity contribution in [2.24, 2.45) is 4.99 Å². The molecular weight excluding hydrogens is 484 g/mol. The van der Waals surface area contributed by atoms with Gasteiger partial charge in [0, 0.05) is 11.5 Å². The molecule has 0 atom stereocenters. The van der Waals surface area contributed by atoms with Crippen molar-refractivity contribution in [1.29, 1.82) is 0 Å². The number of carboxylic acids is 1. The Balaban J connectivity index is 1.94. The fraction of sp³-hybridized carbons (Fsp3) is 0.227. The minimum atomic E-state index is -1.03. The van der Waals surface area contributed by atoms with Crippen molar-refractivity contribution in [3.05, 3.63) is 56.9 Å². The zero-order chi connectivity index (χ0) is 22.5. The van der Waals surface area contributed by atoms with Crippen LogP contribution in [0.3, 0.4) is 0 Å². The minimum Gasteiger partial charge on any atom is -0.490 e. The third-order valence-electron chi connectivity index (χ3n) is 4.27. The molecule has 2 aromatic rings. The first-order chi connectivity index (χ1) is 14.8. The summed E-state index contributed by atoms with van der Waals surface area (Å²) in [4.78, 5) is 30.3. The van der Waals surface area contributed by atoms with E-state index in [0.717, 1.165) is 10.0 Å². The zero-order valence-electron chi connectivity index (χ0n) is 17.2. The molecule has 0 aromatic heterocycles. The third-order valence-corrected chi connectivity index (χ3v) is 6.02. The van der Waals surface area contributed by atoms with Gasteiger partial charge in [-0.15, -0.1) is 0 Å². The van der Waals surface area contributed by atoms with Crippen molar-refractivity contribution >= 4 is 56.5 Å². The fourth-order valence-electron chi connectivity index (χ4n) is 2.81. The second-order valence-corrected chi connectivity index (χ2v) is 8.27. The highest BCUT2D eigenvalue weighted by Gasteiger charge is 2.30. The number of halogens is 1. The second kappa shape index (κ2) is 10.0. The van der Waals surface area contributed by atoms with Crippen LogP contribution < -0.4 is 9.47 Å². The first kappa shape index (κ1) is 22.9. The van der Waals surface area contributed by atoms with Crippen LogP contribution in [0.25, 0.3) is 6.08 Å². The lowest BCUT2D eigenvalue weighted by molar-refractivity contribution is -0.121. The highest BCUT2D eigenvalue weighted by Crippen LogP contribution is 2.38. The number of amidine groups is 1. The molecule has 1 saturated heterocycles. The maximum Gasteiger partial charge on any atom is 0.335 e. The van der Waals surface area contributed by atoms with Crippen LogP contribution in [0.1, 0.15) is 29.8 Å². The van der Waals surface area contributed by atoms with E-state index >= 15 is 0 Å². The molecule has 3 rings (SSSR count). The SMILES string of the molecule is CCOc1cc(Br)c(/C=C2\SC(=Nc3cccc(C(=O)O)c3)N(C)C2=O)cc1OCC. The van der Waals surface area contributed by atoms with Crippen molar-refractivity contribution in [3.63, 3.8) is 0 Å². The molecule has 1 N–H and O–H groups in total. The Bertz CT molecular complexity index is 1080. The molecule has 0 bridgehead atoms. The number of aliphatic imine (C=N–C) groups is 1. The molecule has 0 aliphatic carbocycles. The van der Waals surface area contributed by atoms with Gasteiger partial charge in [0.25, 0.3) is 5.91 Å². The fourth-order valence-corrected chi connectivity index (χ4v) is 4.22. The van der Waals surface area contributed by atoms with Crippen molar-refractivity contribution in [3.8, 4) is 11.5 Å². The van der Waals surface area contributed by atoms with Crippen molar-refractivity contribution < 1.29 is 24.2 Å². The summed E-state index contributed by atoms with van der Waals surface area (Å²) in [5, 5.41) is 9.62. The Morgan fingerprint density at radius 2 is 1.87 bits per heavy atom. The number of aromatic carboxylic acids is 1. The van der Waals surface area contributed by atoms with Gasteiger partial charge in [0.1, 0.15) is 0 Å². The number of carbonyl (C=O) groups is 2. The van der Waals surface area contributed by atoms with Gasteiger partial charge in [0.15, 0.2) is 16.7 Å². The van der Waals surface area contributed by atoms with Gasteiger partial charge in [0.05, 0.1) is 29.4 Å². The molecule has 0 saturated carbocycles. The average molecular weight is 505 g/mol. The topological polar surface area (TPSA) is 88.4 Å². The van der Waals surface area contributed by atoms with Gasteiger partial charge in [-0.3, -0.25) is 9.69 Å². The lowest BCUT2D eigenvalue weighted by Gasteiger charge is -2.13. The first-order valence-electron chi connectivity index (χ1n) is 9.52. The molecule has 1 aliphatic heterocycles. The Hall–Kier alpha value is -2.78. The van der Waals surface area contributed by atoms with E-state index in [0.29, 0.717) is 40.5 Å². The molecule has 0 spiro atoms. The van der Waals surface area contributed by atoms with E-state index in [1.54, 1.807) is 25.3 Å². The number of hydrogen-bond acceptors (Lipinski definition) is 6. The summed E-state index contributed by atoms with van der Waals surface area (Å²) in [7, 11) is 1.63. The van der Waals surface area contributed by atoms with E-state index in [-0.39, 0.29) is 11.5 Å². The number of thioether (sulfide) groups is 1. The number of carbonyl (C=O) groups excluding carboxylic acids is 1. The molecule has 7 nitrogen and oxygen atoms in total. The molecule has 0 unspecified atom stereocenters. The van der Waals surface area contributed by atoms with Crippen molar-refractivity contribution in [2.45, 2.75) is 13.8 Å². The summed E-state index contributed by atoms with van der Waals surface area (Å²) in [5.74, 6) is -0.00230. The lowest BCUT2D eigenvalue weighted by atomic mass is 10.2. The number of carboxylic acid groups (broad SMARTS) is 1. The minimum absolute atomic E-state index is 0.136. The van der Waals surface area contributed by atoms with Crippen LogP contribution in [0.4, 0.5) is 5.69 Å². The average Bonchev–Trinajstić information content (AvgIpc) is 2.99. The van der Waals surface area contributed by atoms with Gasteiger partial charge in [-0.1, -0.05) is 22.0 Å². The van der Waals surface area contributed by atoms with Crippen LogP contribution in [0.15, 0.2) is 50.8 Å². The Labute approximate surface area is 192 Å². The highest BCUT2D eigenvalue weighted by atomic mass is 79.9. The van der Waals surface area contributed by atoms with Gasteiger partial charge < -0.3 is 14.6 Å². The van der Waals surface area contributed by atoms with Gasteiger partial charge in [0.2, 0.25) is 0 Å². The quantitative estimate of drug-likeness (QED) is 0.522. The number of amides is 1. The molecule has 1 fully saturated rings. The number of nitrogens with zero attached hydrogens (tertiary/aromatic N) is 2. The maximum absolute atomic E-state index is 12.8. The summed E-state index contributed by atoms with van der Waals surface area (Å²) in [5.41, 5.74) is 1.37. The monoisotopic (exact) mass is 504 g/mol. The van der Waals surface area contributed by atoms with E-state index in [1.165, 1.54) is 28.8 Å². The van der Waals surface area contributed by atoms with Crippen LogP contribution in [-0.4, -0.2) is 47.3 Å². The molecular formula is C22H21BrN2O5S. The van der Waals surface area contributed by atoms with E-state index in [4.69, 9.17) is 14.6 Å². The standard InChI is InChI=1S/C22H21BrN2O5S/c1-4-29-17-10-14(16(23)12-18(17)30-5-2)11-19-20(26)25(3)22(31-19)24-15-8-6-7-13(9-15)21(27)28/h6-12H,4-5H2,1-3H3,(H,27,28)/b19-11-,24-22?. The number of rotatable bonds is 7. The van der Waals surface area contributed by atoms with E-state index in [1.807, 2.05) is 26.0 Å². The van der Waals surface area contributed by atoms with E-state index < -0.39 is 5.97 Å². The third kappa shape index (κ3) is 5.29. The number of likely N-dealkylation sites (N-methyl/N-ethyl adjacent to an activating group) is 1. The zero-order valence-corrected chi connectivity index (χ0v) is 19.6. The highest BCUT2D eigenvalue weighted by molar-refractivity contribution is 9.10.